The highest BCUT2D eigenvalue weighted by Crippen LogP contribution is 2.12. The standard InChI is InChI=1S/C19H28N2O2/c1-3-12-21-13-10-17(11-14-21)20-19(23)9-8-18(22)16-6-4-15(2)5-7-16/h4-7,17H,3,8-14H2,1-2H3,(H,20,23). The third-order valence-corrected chi connectivity index (χ3v) is 4.45. The number of rotatable bonds is 7. The van der Waals surface area contributed by atoms with Crippen LogP contribution in [0.4, 0.5) is 0 Å². The zero-order valence-electron chi connectivity index (χ0n) is 14.3. The number of nitrogens with one attached hydrogen (secondary N) is 1. The average Bonchev–Trinajstić information content (AvgIpc) is 2.55. The Labute approximate surface area is 139 Å². The highest BCUT2D eigenvalue weighted by molar-refractivity contribution is 5.97. The summed E-state index contributed by atoms with van der Waals surface area (Å²) in [5, 5.41) is 3.08. The van der Waals surface area contributed by atoms with Gasteiger partial charge in [0.1, 0.15) is 0 Å². The molecule has 1 aromatic carbocycles. The third kappa shape index (κ3) is 5.79. The number of nitrogens with zero attached hydrogens (tertiary/aromatic N) is 1. The summed E-state index contributed by atoms with van der Waals surface area (Å²) in [4.78, 5) is 26.6. The molecule has 4 heteroatoms. The van der Waals surface area contributed by atoms with E-state index in [9.17, 15) is 9.59 Å². The number of aryl methyl sites for hydroxylation is 1. The van der Waals surface area contributed by atoms with Crippen molar-refractivity contribution in [3.8, 4) is 0 Å². The number of ketones is 1. The molecule has 2 rings (SSSR count). The molecule has 23 heavy (non-hydrogen) atoms. The van der Waals surface area contributed by atoms with E-state index >= 15 is 0 Å². The molecule has 0 radical (unpaired) electrons. The fraction of sp³-hybridized carbons (Fsp3) is 0.579. The number of likely N-dealkylation sites (tertiary alicyclic amines) is 1. The number of amides is 1. The molecule has 0 spiro atoms. The van der Waals surface area contributed by atoms with E-state index in [-0.39, 0.29) is 30.6 Å². The molecule has 4 nitrogen and oxygen atoms in total. The Morgan fingerprint density at radius 3 is 2.39 bits per heavy atom. The molecule has 1 aliphatic rings. The molecule has 0 saturated carbocycles. The first-order chi connectivity index (χ1) is 11.1. The van der Waals surface area contributed by atoms with Crippen LogP contribution in [-0.4, -0.2) is 42.3 Å². The van der Waals surface area contributed by atoms with E-state index in [2.05, 4.69) is 17.1 Å². The SMILES string of the molecule is CCCN1CCC(NC(=O)CCC(=O)c2ccc(C)cc2)CC1. The van der Waals surface area contributed by atoms with Crippen LogP contribution in [0.3, 0.4) is 0 Å². The van der Waals surface area contributed by atoms with E-state index in [1.165, 1.54) is 6.42 Å². The molecule has 1 aliphatic heterocycles. The zero-order chi connectivity index (χ0) is 16.7. The van der Waals surface area contributed by atoms with Crippen LogP contribution in [0.25, 0.3) is 0 Å². The molecule has 1 aromatic rings. The van der Waals surface area contributed by atoms with Gasteiger partial charge in [0, 0.05) is 37.5 Å². The van der Waals surface area contributed by atoms with Crippen molar-refractivity contribution >= 4 is 11.7 Å². The molecule has 126 valence electrons. The lowest BCUT2D eigenvalue weighted by Crippen LogP contribution is -2.44. The summed E-state index contributed by atoms with van der Waals surface area (Å²) in [6.45, 7) is 7.44. The minimum absolute atomic E-state index is 0.000553. The molecule has 0 unspecified atom stereocenters. The maximum Gasteiger partial charge on any atom is 0.220 e. The maximum absolute atomic E-state index is 12.1. The van der Waals surface area contributed by atoms with Gasteiger partial charge in [0.2, 0.25) is 5.91 Å². The van der Waals surface area contributed by atoms with Crippen molar-refractivity contribution in [1.82, 2.24) is 10.2 Å². The minimum atomic E-state index is -0.000553. The van der Waals surface area contributed by atoms with Gasteiger partial charge in [-0.05, 0) is 32.7 Å². The Morgan fingerprint density at radius 1 is 1.13 bits per heavy atom. The molecule has 1 saturated heterocycles. The van der Waals surface area contributed by atoms with E-state index in [1.807, 2.05) is 31.2 Å². The topological polar surface area (TPSA) is 49.4 Å². The first-order valence-electron chi connectivity index (χ1n) is 8.70. The summed E-state index contributed by atoms with van der Waals surface area (Å²) in [5.74, 6) is 0.0392. The summed E-state index contributed by atoms with van der Waals surface area (Å²) in [7, 11) is 0. The lowest BCUT2D eigenvalue weighted by molar-refractivity contribution is -0.122. The van der Waals surface area contributed by atoms with Gasteiger partial charge in [-0.3, -0.25) is 9.59 Å². The van der Waals surface area contributed by atoms with Crippen molar-refractivity contribution in [3.63, 3.8) is 0 Å². The van der Waals surface area contributed by atoms with Crippen LogP contribution >= 0.6 is 0 Å². The highest BCUT2D eigenvalue weighted by Gasteiger charge is 2.20. The summed E-state index contributed by atoms with van der Waals surface area (Å²) >= 11 is 0. The fourth-order valence-corrected chi connectivity index (χ4v) is 3.03. The van der Waals surface area contributed by atoms with Crippen molar-refractivity contribution in [3.05, 3.63) is 35.4 Å². The van der Waals surface area contributed by atoms with E-state index < -0.39 is 0 Å². The largest absolute Gasteiger partial charge is 0.353 e. The normalized spacial score (nSPS) is 16.3. The monoisotopic (exact) mass is 316 g/mol. The number of hydrogen-bond donors (Lipinski definition) is 1. The van der Waals surface area contributed by atoms with Gasteiger partial charge in [-0.1, -0.05) is 36.8 Å². The van der Waals surface area contributed by atoms with Gasteiger partial charge in [-0.2, -0.15) is 0 Å². The van der Waals surface area contributed by atoms with E-state index in [1.54, 1.807) is 0 Å². The molecule has 0 bridgehead atoms. The Balaban J connectivity index is 1.69. The van der Waals surface area contributed by atoms with Gasteiger partial charge in [-0.25, -0.2) is 0 Å². The molecule has 1 N–H and O–H groups in total. The predicted molar refractivity (Wildman–Crippen MR) is 92.6 cm³/mol. The second-order valence-electron chi connectivity index (χ2n) is 6.47. The number of carbonyl (C=O) groups is 2. The first-order valence-corrected chi connectivity index (χ1v) is 8.70. The van der Waals surface area contributed by atoms with Crippen LogP contribution < -0.4 is 5.32 Å². The molecule has 0 aliphatic carbocycles. The summed E-state index contributed by atoms with van der Waals surface area (Å²) in [6.07, 6.45) is 3.76. The summed E-state index contributed by atoms with van der Waals surface area (Å²) < 4.78 is 0. The Morgan fingerprint density at radius 2 is 1.78 bits per heavy atom. The molecular formula is C19H28N2O2. The average molecular weight is 316 g/mol. The van der Waals surface area contributed by atoms with E-state index in [4.69, 9.17) is 0 Å². The Bertz CT molecular complexity index is 517. The molecule has 0 atom stereocenters. The van der Waals surface area contributed by atoms with Crippen LogP contribution in [0.5, 0.6) is 0 Å². The highest BCUT2D eigenvalue weighted by atomic mass is 16.2. The quantitative estimate of drug-likeness (QED) is 0.787. The minimum Gasteiger partial charge on any atom is -0.353 e. The van der Waals surface area contributed by atoms with Gasteiger partial charge in [0.25, 0.3) is 0 Å². The van der Waals surface area contributed by atoms with Crippen LogP contribution in [0.2, 0.25) is 0 Å². The number of benzene rings is 1. The second-order valence-corrected chi connectivity index (χ2v) is 6.47. The molecule has 0 aromatic heterocycles. The van der Waals surface area contributed by atoms with Crippen LogP contribution in [0.1, 0.15) is 54.9 Å². The number of piperidine rings is 1. The third-order valence-electron chi connectivity index (χ3n) is 4.45. The Kier molecular flexibility index (Phi) is 6.78. The predicted octanol–water partition coefficient (Wildman–Crippen LogP) is 2.95. The van der Waals surface area contributed by atoms with Crippen LogP contribution in [0, 0.1) is 6.92 Å². The van der Waals surface area contributed by atoms with Crippen LogP contribution in [0.15, 0.2) is 24.3 Å². The smallest absolute Gasteiger partial charge is 0.220 e. The van der Waals surface area contributed by atoms with Crippen molar-refractivity contribution < 1.29 is 9.59 Å². The van der Waals surface area contributed by atoms with Gasteiger partial charge < -0.3 is 10.2 Å². The first kappa shape index (κ1) is 17.7. The van der Waals surface area contributed by atoms with Gasteiger partial charge in [-0.15, -0.1) is 0 Å². The lowest BCUT2D eigenvalue weighted by Gasteiger charge is -2.32. The second kappa shape index (κ2) is 8.82. The Hall–Kier alpha value is -1.68. The lowest BCUT2D eigenvalue weighted by atomic mass is 10.0. The summed E-state index contributed by atoms with van der Waals surface area (Å²) in [6, 6.07) is 7.79. The number of hydrogen-bond acceptors (Lipinski definition) is 3. The van der Waals surface area contributed by atoms with Gasteiger partial charge >= 0.3 is 0 Å². The zero-order valence-corrected chi connectivity index (χ0v) is 14.3. The van der Waals surface area contributed by atoms with Crippen molar-refractivity contribution in [2.75, 3.05) is 19.6 Å². The van der Waals surface area contributed by atoms with Crippen molar-refractivity contribution in [2.24, 2.45) is 0 Å². The molecular weight excluding hydrogens is 288 g/mol. The van der Waals surface area contributed by atoms with Gasteiger partial charge in [0.15, 0.2) is 5.78 Å². The maximum atomic E-state index is 12.1. The number of Topliss-reactive ketones (excluding diaryl/α,β-unsaturated/α-hetero) is 1. The van der Waals surface area contributed by atoms with E-state index in [0.717, 1.165) is 38.0 Å². The molecule has 1 heterocycles. The van der Waals surface area contributed by atoms with Crippen LogP contribution in [-0.2, 0) is 4.79 Å². The fourth-order valence-electron chi connectivity index (χ4n) is 3.03. The number of carbonyl (C=O) groups excluding carboxylic acids is 2. The van der Waals surface area contributed by atoms with Crippen molar-refractivity contribution in [2.45, 2.75) is 52.0 Å². The van der Waals surface area contributed by atoms with Crippen molar-refractivity contribution in [1.29, 1.82) is 0 Å². The van der Waals surface area contributed by atoms with Gasteiger partial charge in [0.05, 0.1) is 0 Å². The molecule has 1 amide bonds. The summed E-state index contributed by atoms with van der Waals surface area (Å²) in [5.41, 5.74) is 1.82. The van der Waals surface area contributed by atoms with E-state index in [0.29, 0.717) is 5.56 Å². The molecule has 1 fully saturated rings.